The lowest BCUT2D eigenvalue weighted by molar-refractivity contribution is -0.157. The molecule has 0 aromatic carbocycles. The molecule has 0 unspecified atom stereocenters. The Kier molecular flexibility index (Phi) is 0.627. The van der Waals surface area contributed by atoms with Gasteiger partial charge in [0.25, 0.3) is 0 Å². The molecule has 78 valence electrons. The summed E-state index contributed by atoms with van der Waals surface area (Å²) in [5, 5.41) is 0. The lowest BCUT2D eigenvalue weighted by atomic mass is 9.52. The van der Waals surface area contributed by atoms with Gasteiger partial charge in [0, 0.05) is 10.8 Å². The molecule has 0 saturated heterocycles. The Morgan fingerprint density at radius 3 is 1.47 bits per heavy atom. The summed E-state index contributed by atoms with van der Waals surface area (Å²) in [6.45, 7) is 0. The summed E-state index contributed by atoms with van der Waals surface area (Å²) in [4.78, 5) is 12.7. The van der Waals surface area contributed by atoms with Crippen molar-refractivity contribution < 1.29 is 4.79 Å². The zero-order valence-corrected chi connectivity index (χ0v) is 9.07. The minimum absolute atomic E-state index is 0.286. The Morgan fingerprint density at radius 2 is 1.13 bits per heavy atom. The van der Waals surface area contributed by atoms with E-state index in [1.807, 2.05) is 0 Å². The molecule has 6 aliphatic carbocycles. The third-order valence-corrected chi connectivity index (χ3v) is 7.70. The third kappa shape index (κ3) is 0.334. The summed E-state index contributed by atoms with van der Waals surface area (Å²) in [5.74, 6) is 0.780. The van der Waals surface area contributed by atoms with Crippen LogP contribution in [0.15, 0.2) is 0 Å². The van der Waals surface area contributed by atoms with Crippen molar-refractivity contribution in [2.24, 2.45) is 27.1 Å². The van der Waals surface area contributed by atoms with Crippen molar-refractivity contribution in [1.82, 2.24) is 0 Å². The van der Waals surface area contributed by atoms with E-state index in [-0.39, 0.29) is 5.41 Å². The maximum absolute atomic E-state index is 12.7. The molecule has 0 heterocycles. The highest BCUT2D eigenvalue weighted by molar-refractivity contribution is 6.08. The first-order valence-electron chi connectivity index (χ1n) is 6.78. The van der Waals surface area contributed by atoms with E-state index >= 15 is 0 Å². The summed E-state index contributed by atoms with van der Waals surface area (Å²) in [5.41, 5.74) is 2.42. The van der Waals surface area contributed by atoms with Crippen LogP contribution in [-0.4, -0.2) is 5.78 Å². The van der Waals surface area contributed by atoms with Crippen molar-refractivity contribution in [2.45, 2.75) is 51.4 Å². The molecule has 0 atom stereocenters. The molecule has 0 radical (unpaired) electrons. The van der Waals surface area contributed by atoms with E-state index < -0.39 is 0 Å². The lowest BCUT2D eigenvalue weighted by Crippen LogP contribution is -2.56. The molecule has 0 aromatic rings. The van der Waals surface area contributed by atoms with E-state index in [2.05, 4.69) is 0 Å². The predicted octanol–water partition coefficient (Wildman–Crippen LogP) is 2.69. The monoisotopic (exact) mass is 200 g/mol. The van der Waals surface area contributed by atoms with Gasteiger partial charge in [-0.05, 0) is 67.6 Å². The van der Waals surface area contributed by atoms with Crippen LogP contribution in [0.2, 0.25) is 0 Å². The highest BCUT2D eigenvalue weighted by atomic mass is 16.1. The summed E-state index contributed by atoms with van der Waals surface area (Å²) in [7, 11) is 0. The van der Waals surface area contributed by atoms with Gasteiger partial charge >= 0.3 is 0 Å². The molecule has 0 N–H and O–H groups in total. The fraction of sp³-hybridized carbons (Fsp3) is 0.929. The first-order chi connectivity index (χ1) is 7.23. The van der Waals surface area contributed by atoms with Gasteiger partial charge in [0.05, 0.1) is 0 Å². The van der Waals surface area contributed by atoms with E-state index in [1.165, 1.54) is 51.4 Å². The molecule has 0 aliphatic heterocycles. The van der Waals surface area contributed by atoms with Crippen LogP contribution in [-0.2, 0) is 4.79 Å². The van der Waals surface area contributed by atoms with Crippen LogP contribution in [0.1, 0.15) is 51.4 Å². The first-order valence-corrected chi connectivity index (χ1v) is 6.78. The zero-order valence-electron chi connectivity index (χ0n) is 9.07. The number of rotatable bonds is 0. The molecule has 0 amide bonds. The van der Waals surface area contributed by atoms with Crippen LogP contribution in [0.4, 0.5) is 0 Å². The van der Waals surface area contributed by atoms with Crippen molar-refractivity contribution in [3.8, 4) is 0 Å². The van der Waals surface area contributed by atoms with Crippen LogP contribution in [0.5, 0.6) is 0 Å². The van der Waals surface area contributed by atoms with E-state index in [0.29, 0.717) is 21.7 Å². The van der Waals surface area contributed by atoms with Crippen LogP contribution in [0, 0.1) is 27.1 Å². The predicted molar refractivity (Wildman–Crippen MR) is 54.1 cm³/mol. The van der Waals surface area contributed by atoms with Crippen molar-refractivity contribution in [1.29, 1.82) is 0 Å². The molecule has 0 aromatic heterocycles. The summed E-state index contributed by atoms with van der Waals surface area (Å²) in [6.07, 6.45) is 11.0. The minimum atomic E-state index is 0.286. The van der Waals surface area contributed by atoms with Crippen molar-refractivity contribution >= 4 is 5.78 Å². The number of ketones is 1. The van der Waals surface area contributed by atoms with Gasteiger partial charge < -0.3 is 0 Å². The number of Topliss-reactive ketones (excluding diaryl/α,β-unsaturated/α-hetero) is 1. The van der Waals surface area contributed by atoms with Crippen molar-refractivity contribution in [2.75, 3.05) is 0 Å². The van der Waals surface area contributed by atoms with Gasteiger partial charge in [0.2, 0.25) is 0 Å². The van der Waals surface area contributed by atoms with Gasteiger partial charge in [-0.1, -0.05) is 0 Å². The Labute approximate surface area is 89.6 Å². The molecule has 15 heavy (non-hydrogen) atoms. The average Bonchev–Trinajstić information content (AvgIpc) is 3.01. The summed E-state index contributed by atoms with van der Waals surface area (Å²) >= 11 is 0. The second-order valence-corrected chi connectivity index (χ2v) is 7.41. The van der Waals surface area contributed by atoms with Crippen molar-refractivity contribution in [3.05, 3.63) is 0 Å². The molecule has 6 rings (SSSR count). The quantitative estimate of drug-likeness (QED) is 0.587. The highest BCUT2D eigenvalue weighted by Gasteiger charge is 3.10. The standard InChI is InChI=1S/C14H16O/c15-9-10(1-2-10)11(3-4-11)14(9)12(5-6-12)13(14)7-8-13/h1-8H2. The third-order valence-electron chi connectivity index (χ3n) is 7.70. The molecule has 6 fully saturated rings. The Morgan fingerprint density at radius 1 is 0.667 bits per heavy atom. The number of hydrogen-bond donors (Lipinski definition) is 0. The summed E-state index contributed by atoms with van der Waals surface area (Å²) in [6, 6.07) is 0. The maximum Gasteiger partial charge on any atom is 0.147 e. The van der Waals surface area contributed by atoms with Crippen molar-refractivity contribution in [3.63, 3.8) is 0 Å². The molecule has 1 heteroatoms. The van der Waals surface area contributed by atoms with Crippen LogP contribution in [0.25, 0.3) is 0 Å². The smallest absolute Gasteiger partial charge is 0.147 e. The molecular formula is C14H16O. The molecule has 1 nitrogen and oxygen atoms in total. The van der Waals surface area contributed by atoms with Gasteiger partial charge in [-0.25, -0.2) is 0 Å². The fourth-order valence-corrected chi connectivity index (χ4v) is 7.05. The Bertz CT molecular complexity index is 438. The maximum atomic E-state index is 12.7. The fourth-order valence-electron chi connectivity index (χ4n) is 7.05. The van der Waals surface area contributed by atoms with E-state index in [1.54, 1.807) is 0 Å². The lowest BCUT2D eigenvalue weighted by Gasteiger charge is -2.48. The Balaban J connectivity index is 1.66. The topological polar surface area (TPSA) is 17.1 Å². The number of carbonyl (C=O) groups is 1. The van der Waals surface area contributed by atoms with E-state index in [9.17, 15) is 4.79 Å². The normalized spacial score (nSPS) is 47.3. The second kappa shape index (κ2) is 1.33. The summed E-state index contributed by atoms with van der Waals surface area (Å²) < 4.78 is 0. The van der Waals surface area contributed by atoms with Crippen LogP contribution >= 0.6 is 0 Å². The number of carbonyl (C=O) groups excluding carboxylic acids is 1. The van der Waals surface area contributed by atoms with Crippen LogP contribution in [0.3, 0.4) is 0 Å². The van der Waals surface area contributed by atoms with Gasteiger partial charge in [0.15, 0.2) is 0 Å². The minimum Gasteiger partial charge on any atom is -0.298 e. The molecule has 5 spiro atoms. The largest absolute Gasteiger partial charge is 0.298 e. The molecule has 0 bridgehead atoms. The van der Waals surface area contributed by atoms with Gasteiger partial charge in [-0.2, -0.15) is 0 Å². The molecule has 6 saturated carbocycles. The van der Waals surface area contributed by atoms with E-state index in [0.717, 1.165) is 5.78 Å². The van der Waals surface area contributed by atoms with E-state index in [4.69, 9.17) is 0 Å². The van der Waals surface area contributed by atoms with Crippen LogP contribution < -0.4 is 0 Å². The number of hydrogen-bond acceptors (Lipinski definition) is 1. The zero-order chi connectivity index (χ0) is 9.73. The van der Waals surface area contributed by atoms with Gasteiger partial charge in [-0.15, -0.1) is 0 Å². The van der Waals surface area contributed by atoms with Gasteiger partial charge in [0.1, 0.15) is 5.78 Å². The van der Waals surface area contributed by atoms with Gasteiger partial charge in [-0.3, -0.25) is 4.79 Å². The molecule has 6 aliphatic rings. The molecular weight excluding hydrogens is 184 g/mol. The Hall–Kier alpha value is -0.330. The SMILES string of the molecule is O=C1C2(CC2)C2(CC2)C12C1(CC1)C21CC1. The number of fused-ring (bicyclic) bond motifs is 5. The highest BCUT2D eigenvalue weighted by Crippen LogP contribution is 3.11. The average molecular weight is 200 g/mol. The first kappa shape index (κ1) is 7.09. The second-order valence-electron chi connectivity index (χ2n) is 7.41.